The zero-order chi connectivity index (χ0) is 5.70. The lowest BCUT2D eigenvalue weighted by molar-refractivity contribution is 0.247. The third kappa shape index (κ3) is 5.23. The van der Waals surface area contributed by atoms with Gasteiger partial charge in [0.05, 0.1) is 6.67 Å². The molecule has 0 heterocycles. The van der Waals surface area contributed by atoms with E-state index in [9.17, 15) is 4.79 Å². The maximum atomic E-state index is 9.72. The van der Waals surface area contributed by atoms with Crippen LogP contribution in [0.2, 0.25) is 0 Å². The molecule has 0 aliphatic rings. The number of carbonyl (C=O) groups excluding carboxylic acids is 1. The van der Waals surface area contributed by atoms with Gasteiger partial charge in [-0.3, -0.25) is 0 Å². The lowest BCUT2D eigenvalue weighted by Crippen LogP contribution is -2.30. The first-order chi connectivity index (χ1) is 3.27. The maximum Gasteiger partial charge on any atom is 0.334 e. The Morgan fingerprint density at radius 3 is 2.57 bits per heavy atom. The molecule has 0 saturated heterocycles. The molecular weight excluding hydrogens is 94.1 g/mol. The smallest absolute Gasteiger partial charge is 0.324 e. The molecule has 0 fully saturated rings. The lowest BCUT2D eigenvalue weighted by atomic mass is 10.9. The molecule has 2 amide bonds. The molecule has 1 radical (unpaired) electrons. The van der Waals surface area contributed by atoms with E-state index in [1.165, 1.54) is 0 Å². The van der Waals surface area contributed by atoms with E-state index in [1.54, 1.807) is 7.05 Å². The molecule has 0 unspecified atom stereocenters. The van der Waals surface area contributed by atoms with Gasteiger partial charge in [0.1, 0.15) is 0 Å². The van der Waals surface area contributed by atoms with Crippen LogP contribution in [0.15, 0.2) is 0 Å². The highest BCUT2D eigenvalue weighted by atomic mass is 16.2. The first-order valence-corrected chi connectivity index (χ1v) is 1.91. The van der Waals surface area contributed by atoms with Crippen LogP contribution in [0.25, 0.3) is 0 Å². The highest BCUT2D eigenvalue weighted by Crippen LogP contribution is 1.50. The fourth-order valence-electron chi connectivity index (χ4n) is 0.169. The Morgan fingerprint density at radius 1 is 1.86 bits per heavy atom. The molecule has 0 aromatic rings. The van der Waals surface area contributed by atoms with E-state index in [4.69, 9.17) is 5.73 Å². The van der Waals surface area contributed by atoms with Crippen LogP contribution in [0.5, 0.6) is 0 Å². The second-order valence-corrected chi connectivity index (χ2v) is 1.04. The summed E-state index contributed by atoms with van der Waals surface area (Å²) in [5.74, 6) is 0. The Bertz CT molecular complexity index is 63.2. The molecule has 0 saturated carbocycles. The van der Waals surface area contributed by atoms with Gasteiger partial charge in [-0.2, -0.15) is 0 Å². The Kier molecular flexibility index (Phi) is 3.04. The van der Waals surface area contributed by atoms with Crippen LogP contribution in [-0.2, 0) is 0 Å². The molecule has 0 aliphatic heterocycles. The van der Waals surface area contributed by atoms with E-state index in [1.807, 2.05) is 0 Å². The van der Waals surface area contributed by atoms with E-state index in [0.717, 1.165) is 0 Å². The minimum Gasteiger partial charge on any atom is -0.324 e. The predicted octanol–water partition coefficient (Wildman–Crippen LogP) is -0.844. The summed E-state index contributed by atoms with van der Waals surface area (Å²) in [4.78, 5) is 9.72. The topological polar surface area (TPSA) is 64.9 Å². The summed E-state index contributed by atoms with van der Waals surface area (Å²) >= 11 is 0. The van der Waals surface area contributed by atoms with Gasteiger partial charge in [-0.05, 0) is 7.05 Å². The molecule has 0 atom stereocenters. The molecule has 0 bridgehead atoms. The van der Waals surface area contributed by atoms with Crippen LogP contribution in [0.4, 0.5) is 4.79 Å². The summed E-state index contributed by atoms with van der Waals surface area (Å²) in [7, 11) is 1.69. The molecular formula is C3H8N3O. The van der Waals surface area contributed by atoms with Crippen LogP contribution in [0.3, 0.4) is 0 Å². The van der Waals surface area contributed by atoms with Crippen molar-refractivity contribution in [3.05, 3.63) is 0 Å². The first-order valence-electron chi connectivity index (χ1n) is 1.91. The van der Waals surface area contributed by atoms with Crippen LogP contribution >= 0.6 is 0 Å². The third-order valence-electron chi connectivity index (χ3n) is 0.426. The highest BCUT2D eigenvalue weighted by molar-refractivity contribution is 5.70. The minimum atomic E-state index is -0.755. The van der Waals surface area contributed by atoms with Crippen molar-refractivity contribution in [1.29, 1.82) is 0 Å². The number of rotatable bonds is 2. The molecule has 0 aromatic heterocycles. The number of hydrogen-bond donors (Lipinski definition) is 2. The molecule has 7 heavy (non-hydrogen) atoms. The van der Waals surface area contributed by atoms with Gasteiger partial charge in [0, 0.05) is 0 Å². The highest BCUT2D eigenvalue weighted by Gasteiger charge is 1.84. The van der Waals surface area contributed by atoms with E-state index in [0.29, 0.717) is 6.67 Å². The number of carbonyl (C=O) groups is 1. The van der Waals surface area contributed by atoms with Crippen molar-refractivity contribution >= 4 is 6.03 Å². The molecule has 0 spiro atoms. The summed E-state index contributed by atoms with van der Waals surface area (Å²) < 4.78 is 0. The molecule has 4 nitrogen and oxygen atoms in total. The van der Waals surface area contributed by atoms with Crippen molar-refractivity contribution in [1.82, 2.24) is 16.4 Å². The summed E-state index contributed by atoms with van der Waals surface area (Å²) in [5, 5.41) is 4.86. The van der Waals surface area contributed by atoms with Gasteiger partial charge in [-0.15, -0.1) is 0 Å². The van der Waals surface area contributed by atoms with Crippen molar-refractivity contribution in [3.8, 4) is 0 Å². The van der Waals surface area contributed by atoms with Crippen molar-refractivity contribution in [2.75, 3.05) is 13.7 Å². The molecule has 4 heteroatoms. The van der Waals surface area contributed by atoms with Crippen LogP contribution in [-0.4, -0.2) is 19.7 Å². The molecule has 0 aliphatic carbocycles. The largest absolute Gasteiger partial charge is 0.334 e. The normalized spacial score (nSPS) is 8.14. The Morgan fingerprint density at radius 2 is 2.43 bits per heavy atom. The van der Waals surface area contributed by atoms with Crippen LogP contribution in [0.1, 0.15) is 0 Å². The van der Waals surface area contributed by atoms with Gasteiger partial charge in [-0.25, -0.2) is 10.5 Å². The Hall–Kier alpha value is -0.770. The monoisotopic (exact) mass is 102 g/mol. The van der Waals surface area contributed by atoms with Crippen molar-refractivity contribution in [2.24, 2.45) is 0 Å². The first kappa shape index (κ1) is 6.23. The van der Waals surface area contributed by atoms with Crippen molar-refractivity contribution in [2.45, 2.75) is 0 Å². The molecule has 0 rings (SSSR count). The summed E-state index contributed by atoms with van der Waals surface area (Å²) in [5.41, 5.74) is 6.29. The number of amides is 2. The zero-order valence-corrected chi connectivity index (χ0v) is 4.12. The Balaban J connectivity index is 2.82. The van der Waals surface area contributed by atoms with E-state index < -0.39 is 6.03 Å². The van der Waals surface area contributed by atoms with Gasteiger partial charge in [0.2, 0.25) is 0 Å². The van der Waals surface area contributed by atoms with Gasteiger partial charge in [0.15, 0.2) is 0 Å². The van der Waals surface area contributed by atoms with E-state index in [-0.39, 0.29) is 0 Å². The quantitative estimate of drug-likeness (QED) is 0.446. The van der Waals surface area contributed by atoms with E-state index in [2.05, 4.69) is 10.6 Å². The maximum absolute atomic E-state index is 9.72. The number of nitrogens with one attached hydrogen (secondary N) is 3. The fourth-order valence-corrected chi connectivity index (χ4v) is 0.169. The fraction of sp³-hybridized carbons (Fsp3) is 0.667. The second-order valence-electron chi connectivity index (χ2n) is 1.04. The predicted molar refractivity (Wildman–Crippen MR) is 25.6 cm³/mol. The average molecular weight is 102 g/mol. The third-order valence-corrected chi connectivity index (χ3v) is 0.426. The van der Waals surface area contributed by atoms with Crippen molar-refractivity contribution in [3.63, 3.8) is 0 Å². The van der Waals surface area contributed by atoms with Crippen LogP contribution in [0, 0.1) is 0 Å². The van der Waals surface area contributed by atoms with Gasteiger partial charge < -0.3 is 10.6 Å². The molecule has 41 valence electrons. The minimum absolute atomic E-state index is 0.363. The summed E-state index contributed by atoms with van der Waals surface area (Å²) in [6.45, 7) is 0.363. The van der Waals surface area contributed by atoms with Gasteiger partial charge in [-0.1, -0.05) is 0 Å². The molecule has 3 N–H and O–H groups in total. The van der Waals surface area contributed by atoms with Gasteiger partial charge >= 0.3 is 6.03 Å². The summed E-state index contributed by atoms with van der Waals surface area (Å²) in [6, 6.07) is -0.755. The SMILES string of the molecule is CNCNC([NH])=O. The van der Waals surface area contributed by atoms with Gasteiger partial charge in [0.25, 0.3) is 0 Å². The number of hydrogen-bond acceptors (Lipinski definition) is 2. The van der Waals surface area contributed by atoms with E-state index >= 15 is 0 Å². The second kappa shape index (κ2) is 3.42. The number of urea groups is 1. The van der Waals surface area contributed by atoms with Crippen LogP contribution < -0.4 is 16.4 Å². The zero-order valence-electron chi connectivity index (χ0n) is 4.12. The standard InChI is InChI=1S/C3H8N3O/c1-5-2-6-3(4)7/h4-5H,2H2,1H3,(H,6,7). The summed E-state index contributed by atoms with van der Waals surface area (Å²) in [6.07, 6.45) is 0. The lowest BCUT2D eigenvalue weighted by Gasteiger charge is -1.94. The van der Waals surface area contributed by atoms with Crippen molar-refractivity contribution < 1.29 is 4.79 Å². The Labute approximate surface area is 42.1 Å². The molecule has 0 aromatic carbocycles. The average Bonchev–Trinajstić information content (AvgIpc) is 1.61.